The molecule has 0 spiro atoms. The SMILES string of the molecule is [B][C@@H]1O[C@H](CC)C(OP(=O)(O)OCC(OC[C@H](C)OC#C)OP(=O)(O)OC[C@H]2O[C@@H]([B])[C@@H](O)C2OP(=O)(O)OCC(O)O[C@@H]([B])CC)[C@@H]1O. The van der Waals surface area contributed by atoms with Gasteiger partial charge >= 0.3 is 23.5 Å². The summed E-state index contributed by atoms with van der Waals surface area (Å²) in [6, 6.07) is -3.63. The van der Waals surface area contributed by atoms with Gasteiger partial charge in [0.2, 0.25) is 0 Å². The third kappa shape index (κ3) is 15.2. The minimum Gasteiger partial charge on any atom is -0.441 e. The first-order valence-electron chi connectivity index (χ1n) is 14.7. The van der Waals surface area contributed by atoms with Crippen LogP contribution < -0.4 is 0 Å². The van der Waals surface area contributed by atoms with E-state index in [-0.39, 0.29) is 6.42 Å². The summed E-state index contributed by atoms with van der Waals surface area (Å²) in [5.41, 5.74) is 0. The van der Waals surface area contributed by atoms with Crippen LogP contribution in [0.2, 0.25) is 0 Å². The molecule has 0 saturated carbocycles. The first-order valence-corrected chi connectivity index (χ1v) is 19.2. The highest BCUT2D eigenvalue weighted by Gasteiger charge is 2.48. The Hall–Kier alpha value is -0.395. The molecule has 2 aliphatic heterocycles. The van der Waals surface area contributed by atoms with E-state index in [1.165, 1.54) is 6.92 Å². The van der Waals surface area contributed by atoms with E-state index in [1.807, 2.05) is 6.11 Å². The molecule has 2 aliphatic rings. The monoisotopic (exact) mass is 762 g/mol. The molecular weight excluding hydrogens is 722 g/mol. The highest BCUT2D eigenvalue weighted by Crippen LogP contribution is 2.51. The van der Waals surface area contributed by atoms with Gasteiger partial charge < -0.3 is 53.7 Å². The van der Waals surface area contributed by atoms with Gasteiger partial charge in [-0.15, -0.1) is 0 Å². The van der Waals surface area contributed by atoms with Crippen molar-refractivity contribution in [3.8, 4) is 12.5 Å². The van der Waals surface area contributed by atoms with Crippen LogP contribution in [-0.4, -0.2) is 153 Å². The summed E-state index contributed by atoms with van der Waals surface area (Å²) >= 11 is 0. The fraction of sp³-hybridized carbons (Fsp3) is 0.913. The molecule has 276 valence electrons. The van der Waals surface area contributed by atoms with E-state index in [1.54, 1.807) is 13.8 Å². The van der Waals surface area contributed by atoms with Crippen molar-refractivity contribution >= 4 is 47.0 Å². The summed E-state index contributed by atoms with van der Waals surface area (Å²) in [6.45, 7) is 1.45. The maximum absolute atomic E-state index is 12.9. The maximum atomic E-state index is 12.9. The van der Waals surface area contributed by atoms with E-state index in [9.17, 15) is 43.7 Å². The zero-order valence-corrected chi connectivity index (χ0v) is 29.4. The van der Waals surface area contributed by atoms with Gasteiger partial charge in [0.15, 0.2) is 12.6 Å². The van der Waals surface area contributed by atoms with Crippen LogP contribution in [-0.2, 0) is 64.5 Å². The molecule has 0 aliphatic carbocycles. The van der Waals surface area contributed by atoms with Crippen molar-refractivity contribution in [3.63, 3.8) is 0 Å². The molecule has 0 aromatic rings. The number of aliphatic hydroxyl groups excluding tert-OH is 3. The number of phosphoric ester groups is 3. The van der Waals surface area contributed by atoms with Crippen molar-refractivity contribution in [3.05, 3.63) is 0 Å². The Labute approximate surface area is 287 Å². The molecule has 0 aromatic carbocycles. The Morgan fingerprint density at radius 1 is 0.857 bits per heavy atom. The van der Waals surface area contributed by atoms with E-state index >= 15 is 0 Å². The summed E-state index contributed by atoms with van der Waals surface area (Å²) in [6.07, 6.45) is -5.82. The van der Waals surface area contributed by atoms with Crippen molar-refractivity contribution < 1.29 is 94.5 Å². The Bertz CT molecular complexity index is 1200. The second kappa shape index (κ2) is 20.2. The molecule has 15 atom stereocenters. The number of hydrogen-bond donors (Lipinski definition) is 6. The summed E-state index contributed by atoms with van der Waals surface area (Å²) in [5, 5.41) is 30.3. The second-order valence-corrected chi connectivity index (χ2v) is 14.8. The number of aliphatic hydroxyl groups is 3. The fourth-order valence-electron chi connectivity index (χ4n) is 4.12. The quantitative estimate of drug-likeness (QED) is 0.0303. The second-order valence-electron chi connectivity index (χ2n) is 10.6. The van der Waals surface area contributed by atoms with Gasteiger partial charge in [0.05, 0.1) is 19.3 Å². The molecule has 2 saturated heterocycles. The highest BCUT2D eigenvalue weighted by atomic mass is 31.2. The minimum absolute atomic E-state index is 0.246. The Kier molecular flexibility index (Phi) is 18.4. The average molecular weight is 762 g/mol. The third-order valence-corrected chi connectivity index (χ3v) is 9.53. The summed E-state index contributed by atoms with van der Waals surface area (Å²) < 4.78 is 92.9. The summed E-state index contributed by atoms with van der Waals surface area (Å²) in [4.78, 5) is 30.8. The lowest BCUT2D eigenvalue weighted by atomic mass is 9.93. The normalized spacial score (nSPS) is 33.4. The molecule has 7 unspecified atom stereocenters. The minimum atomic E-state index is -5.24. The lowest BCUT2D eigenvalue weighted by Crippen LogP contribution is -2.37. The Morgan fingerprint density at radius 2 is 1.39 bits per heavy atom. The number of phosphoric acid groups is 3. The fourth-order valence-corrected chi connectivity index (χ4v) is 6.82. The van der Waals surface area contributed by atoms with Crippen LogP contribution in [0.4, 0.5) is 0 Å². The number of ether oxygens (including phenoxy) is 5. The van der Waals surface area contributed by atoms with E-state index in [0.717, 1.165) is 0 Å². The largest absolute Gasteiger partial charge is 0.474 e. The number of rotatable bonds is 23. The zero-order chi connectivity index (χ0) is 37.2. The van der Waals surface area contributed by atoms with Crippen LogP contribution >= 0.6 is 23.5 Å². The molecule has 2 heterocycles. The first-order chi connectivity index (χ1) is 22.7. The Balaban J connectivity index is 2.06. The van der Waals surface area contributed by atoms with Gasteiger partial charge in [-0.05, 0) is 19.8 Å². The van der Waals surface area contributed by atoms with Crippen LogP contribution in [0.5, 0.6) is 0 Å². The zero-order valence-electron chi connectivity index (χ0n) is 26.7. The van der Waals surface area contributed by atoms with Gasteiger partial charge in [-0.25, -0.2) is 13.7 Å². The molecule has 2 fully saturated rings. The van der Waals surface area contributed by atoms with Crippen LogP contribution in [0.3, 0.4) is 0 Å². The first kappa shape index (κ1) is 44.8. The van der Waals surface area contributed by atoms with Gasteiger partial charge in [0.1, 0.15) is 79.5 Å². The van der Waals surface area contributed by atoms with E-state index in [4.69, 9.17) is 76.3 Å². The van der Waals surface area contributed by atoms with E-state index in [2.05, 4.69) is 4.52 Å². The van der Waals surface area contributed by atoms with Crippen LogP contribution in [0.25, 0.3) is 0 Å². The number of hydrogen-bond acceptors (Lipinski definition) is 17. The summed E-state index contributed by atoms with van der Waals surface area (Å²) in [7, 11) is 1.45. The standard InChI is InChI=1S/C23H40B3O20P3/c1-5-13-20(18(28)22(25)41-13)45-49(34,35)40-11-17(37-8-12(4)36-7-3)44-47(30,31)38-9-14-21(19(29)23(26)42-14)46-48(32,33)39-10-16(27)43-15(24)6-2/h3,12-23,27-29H,5-6,8-11H2,1-2,4H3,(H,30,31)(H,32,33)(H,34,35)/t12-,13+,14+,15+,16?,17?,18-,19-,20?,21?,22+,23+/m0/s1. The average Bonchev–Trinajstić information content (AvgIpc) is 3.44. The number of terminal acetylenes is 1. The molecule has 20 nitrogen and oxygen atoms in total. The van der Waals surface area contributed by atoms with Crippen LogP contribution in [0, 0.1) is 12.5 Å². The van der Waals surface area contributed by atoms with Crippen molar-refractivity contribution in [2.24, 2.45) is 0 Å². The lowest BCUT2D eigenvalue weighted by Gasteiger charge is -2.26. The lowest BCUT2D eigenvalue weighted by molar-refractivity contribution is -0.138. The van der Waals surface area contributed by atoms with Gasteiger partial charge in [-0.1, -0.05) is 20.3 Å². The predicted molar refractivity (Wildman–Crippen MR) is 165 cm³/mol. The topological polar surface area (TPSA) is 274 Å². The molecule has 0 aromatic heterocycles. The molecule has 6 radical (unpaired) electrons. The smallest absolute Gasteiger partial charge is 0.441 e. The highest BCUT2D eigenvalue weighted by molar-refractivity contribution is 7.48. The third-order valence-electron chi connectivity index (χ3n) is 6.58. The molecular formula is C23H40B3O20P3. The van der Waals surface area contributed by atoms with Crippen LogP contribution in [0.1, 0.15) is 33.6 Å². The van der Waals surface area contributed by atoms with Crippen molar-refractivity contribution in [1.29, 1.82) is 0 Å². The molecule has 26 heteroatoms. The van der Waals surface area contributed by atoms with Gasteiger partial charge in [-0.3, -0.25) is 27.1 Å². The summed E-state index contributed by atoms with van der Waals surface area (Å²) in [5.74, 6) is 0. The Morgan fingerprint density at radius 3 is 1.92 bits per heavy atom. The molecule has 0 bridgehead atoms. The van der Waals surface area contributed by atoms with Crippen molar-refractivity contribution in [1.82, 2.24) is 0 Å². The van der Waals surface area contributed by atoms with Gasteiger partial charge in [0, 0.05) is 18.0 Å². The van der Waals surface area contributed by atoms with Crippen molar-refractivity contribution in [2.75, 3.05) is 26.4 Å². The van der Waals surface area contributed by atoms with Gasteiger partial charge in [0.25, 0.3) is 0 Å². The van der Waals surface area contributed by atoms with Crippen LogP contribution in [0.15, 0.2) is 0 Å². The van der Waals surface area contributed by atoms with E-state index < -0.39 is 123 Å². The van der Waals surface area contributed by atoms with Crippen molar-refractivity contribution in [2.45, 2.75) is 107 Å². The van der Waals surface area contributed by atoms with E-state index in [0.29, 0.717) is 6.42 Å². The molecule has 49 heavy (non-hydrogen) atoms. The maximum Gasteiger partial charge on any atom is 0.474 e. The molecule has 2 rings (SSSR count). The molecule has 0 amide bonds. The van der Waals surface area contributed by atoms with Gasteiger partial charge in [-0.2, -0.15) is 0 Å². The molecule has 6 N–H and O–H groups in total. The predicted octanol–water partition coefficient (Wildman–Crippen LogP) is -1.38.